The van der Waals surface area contributed by atoms with Gasteiger partial charge >= 0.3 is 5.70 Å². The van der Waals surface area contributed by atoms with Crippen molar-refractivity contribution in [2.24, 2.45) is 28.6 Å². The van der Waals surface area contributed by atoms with Crippen molar-refractivity contribution in [2.75, 3.05) is 0 Å². The molecule has 5 unspecified atom stereocenters. The number of hydrogen-bond donors (Lipinski definition) is 0. The van der Waals surface area contributed by atoms with Crippen molar-refractivity contribution >= 4 is 5.78 Å². The van der Waals surface area contributed by atoms with E-state index in [2.05, 4.69) is 13.8 Å². The van der Waals surface area contributed by atoms with Gasteiger partial charge in [0, 0.05) is 12.0 Å². The molecule has 0 radical (unpaired) electrons. The van der Waals surface area contributed by atoms with Gasteiger partial charge in [-0.2, -0.15) is 0 Å². The number of rotatable bonds is 3. The minimum absolute atomic E-state index is 0.0584. The number of nitro groups is 1. The number of allylic oxidation sites excluding steroid dienone is 1. The second kappa shape index (κ2) is 5.88. The fraction of sp³-hybridized carbons (Fsp3) is 0.864. The van der Waals surface area contributed by atoms with Crippen molar-refractivity contribution in [3.8, 4) is 0 Å². The van der Waals surface area contributed by atoms with E-state index >= 15 is 0 Å². The zero-order valence-corrected chi connectivity index (χ0v) is 16.5. The molecular weight excluding hydrogens is 342 g/mol. The lowest BCUT2D eigenvalue weighted by Crippen LogP contribution is -2.52. The molecule has 0 amide bonds. The van der Waals surface area contributed by atoms with Crippen LogP contribution in [-0.2, 0) is 9.53 Å². The van der Waals surface area contributed by atoms with Gasteiger partial charge in [-0.05, 0) is 86.4 Å². The van der Waals surface area contributed by atoms with Crippen molar-refractivity contribution in [2.45, 2.75) is 90.3 Å². The number of fused-ring (bicyclic) bond motifs is 5. The monoisotopic (exact) mass is 373 g/mol. The molecule has 4 fully saturated rings. The maximum atomic E-state index is 12.3. The molecule has 5 aliphatic rings. The smallest absolute Gasteiger partial charge is 0.311 e. The Labute approximate surface area is 161 Å². The third kappa shape index (κ3) is 2.49. The molecule has 0 heterocycles. The molecule has 0 saturated heterocycles. The molecule has 5 rings (SSSR count). The molecule has 0 aromatic heterocycles. The Morgan fingerprint density at radius 2 is 1.78 bits per heavy atom. The van der Waals surface area contributed by atoms with E-state index in [1.807, 2.05) is 0 Å². The predicted octanol–water partition coefficient (Wildman–Crippen LogP) is 4.67. The quantitative estimate of drug-likeness (QED) is 0.532. The molecule has 4 saturated carbocycles. The van der Waals surface area contributed by atoms with E-state index in [0.29, 0.717) is 36.4 Å². The van der Waals surface area contributed by atoms with E-state index in [0.717, 1.165) is 31.3 Å². The first-order valence-corrected chi connectivity index (χ1v) is 10.9. The average Bonchev–Trinajstić information content (AvgIpc) is 3.37. The SMILES string of the molecule is CC12CCC(=O)C([N+](=O)[O-])=C1CCC1C2CCC2(C)C1CC[C@@H]2OC1CC1. The first kappa shape index (κ1) is 17.8. The van der Waals surface area contributed by atoms with Crippen molar-refractivity contribution in [3.63, 3.8) is 0 Å². The highest BCUT2D eigenvalue weighted by atomic mass is 16.6. The van der Waals surface area contributed by atoms with Crippen LogP contribution in [0.25, 0.3) is 0 Å². The number of ketones is 1. The van der Waals surface area contributed by atoms with Crippen molar-refractivity contribution in [3.05, 3.63) is 21.4 Å². The van der Waals surface area contributed by atoms with Crippen LogP contribution in [0.1, 0.15) is 78.1 Å². The predicted molar refractivity (Wildman–Crippen MR) is 101 cm³/mol. The van der Waals surface area contributed by atoms with Gasteiger partial charge in [-0.15, -0.1) is 0 Å². The van der Waals surface area contributed by atoms with Crippen molar-refractivity contribution in [1.82, 2.24) is 0 Å². The number of nitrogens with zero attached hydrogens (tertiary/aromatic N) is 1. The van der Waals surface area contributed by atoms with Gasteiger partial charge in [0.2, 0.25) is 5.78 Å². The molecule has 148 valence electrons. The molecule has 6 atom stereocenters. The number of hydrogen-bond acceptors (Lipinski definition) is 4. The van der Waals surface area contributed by atoms with Gasteiger partial charge in [0.15, 0.2) is 0 Å². The molecular formula is C22H31NO4. The van der Waals surface area contributed by atoms with Crippen LogP contribution in [-0.4, -0.2) is 22.9 Å². The highest BCUT2D eigenvalue weighted by Crippen LogP contribution is 2.66. The summed E-state index contributed by atoms with van der Waals surface area (Å²) in [5.74, 6) is 1.55. The molecule has 5 aliphatic carbocycles. The van der Waals surface area contributed by atoms with Crippen molar-refractivity contribution < 1.29 is 14.5 Å². The summed E-state index contributed by atoms with van der Waals surface area (Å²) in [6, 6.07) is 0. The Morgan fingerprint density at radius 3 is 2.48 bits per heavy atom. The van der Waals surface area contributed by atoms with Crippen LogP contribution in [0.15, 0.2) is 11.3 Å². The van der Waals surface area contributed by atoms with E-state index in [9.17, 15) is 14.9 Å². The normalized spacial score (nSPS) is 46.7. The Hall–Kier alpha value is -1.23. The molecule has 0 bridgehead atoms. The first-order valence-electron chi connectivity index (χ1n) is 10.9. The molecule has 5 heteroatoms. The molecule has 5 nitrogen and oxygen atoms in total. The van der Waals surface area contributed by atoms with Crippen LogP contribution < -0.4 is 0 Å². The lowest BCUT2D eigenvalue weighted by atomic mass is 9.47. The van der Waals surface area contributed by atoms with E-state index in [1.54, 1.807) is 0 Å². The lowest BCUT2D eigenvalue weighted by Gasteiger charge is -2.57. The van der Waals surface area contributed by atoms with Crippen molar-refractivity contribution in [1.29, 1.82) is 0 Å². The van der Waals surface area contributed by atoms with Gasteiger partial charge in [-0.1, -0.05) is 13.8 Å². The Morgan fingerprint density at radius 1 is 1.00 bits per heavy atom. The van der Waals surface area contributed by atoms with Crippen LogP contribution in [0.4, 0.5) is 0 Å². The summed E-state index contributed by atoms with van der Waals surface area (Å²) in [5, 5.41) is 11.6. The number of carbonyl (C=O) groups excluding carboxylic acids is 1. The lowest BCUT2D eigenvalue weighted by molar-refractivity contribution is -0.422. The Balaban J connectivity index is 1.47. The zero-order chi connectivity index (χ0) is 19.0. The third-order valence-corrected chi connectivity index (χ3v) is 9.07. The van der Waals surface area contributed by atoms with Crippen LogP contribution in [0.2, 0.25) is 0 Å². The summed E-state index contributed by atoms with van der Waals surface area (Å²) in [6.45, 7) is 4.68. The van der Waals surface area contributed by atoms with Gasteiger partial charge in [0.1, 0.15) is 0 Å². The summed E-state index contributed by atoms with van der Waals surface area (Å²) >= 11 is 0. The van der Waals surface area contributed by atoms with Crippen LogP contribution in [0.3, 0.4) is 0 Å². The minimum Gasteiger partial charge on any atom is -0.374 e. The summed E-state index contributed by atoms with van der Waals surface area (Å²) in [6.07, 6.45) is 11.0. The summed E-state index contributed by atoms with van der Waals surface area (Å²) in [5.41, 5.74) is 0.933. The van der Waals surface area contributed by atoms with E-state index in [-0.39, 0.29) is 22.3 Å². The number of ether oxygens (including phenoxy) is 1. The maximum absolute atomic E-state index is 12.3. The number of carbonyl (C=O) groups is 1. The van der Waals surface area contributed by atoms with Crippen LogP contribution in [0, 0.1) is 38.7 Å². The number of Topliss-reactive ketones (excluding diaryl/α,β-unsaturated/α-hetero) is 1. The molecule has 0 aliphatic heterocycles. The van der Waals surface area contributed by atoms with Crippen LogP contribution >= 0.6 is 0 Å². The standard InChI is InChI=1S/C22H31NO4/c1-21-12-10-18(24)20(23(25)26)17(21)6-5-14-15-7-8-19(27-13-3-4-13)22(15,2)11-9-16(14)21/h13-16,19H,3-12H2,1-2H3/t14?,15?,16?,19-,21?,22?/m0/s1. The summed E-state index contributed by atoms with van der Waals surface area (Å²) in [4.78, 5) is 23.5. The average molecular weight is 373 g/mol. The minimum atomic E-state index is -0.391. The van der Waals surface area contributed by atoms with Gasteiger partial charge in [0.25, 0.3) is 0 Å². The molecule has 0 spiro atoms. The highest BCUT2D eigenvalue weighted by Gasteiger charge is 2.61. The van der Waals surface area contributed by atoms with Gasteiger partial charge in [-0.25, -0.2) is 0 Å². The topological polar surface area (TPSA) is 69.4 Å². The second-order valence-corrected chi connectivity index (χ2v) is 10.3. The van der Waals surface area contributed by atoms with E-state index in [1.165, 1.54) is 32.1 Å². The van der Waals surface area contributed by atoms with E-state index < -0.39 is 4.92 Å². The molecule has 27 heavy (non-hydrogen) atoms. The maximum Gasteiger partial charge on any atom is 0.311 e. The third-order valence-electron chi connectivity index (χ3n) is 9.07. The van der Waals surface area contributed by atoms with Gasteiger partial charge in [-0.3, -0.25) is 14.9 Å². The fourth-order valence-corrected chi connectivity index (χ4v) is 7.51. The summed E-state index contributed by atoms with van der Waals surface area (Å²) in [7, 11) is 0. The Bertz CT molecular complexity index is 726. The largest absolute Gasteiger partial charge is 0.374 e. The Kier molecular flexibility index (Phi) is 3.89. The second-order valence-electron chi connectivity index (χ2n) is 10.3. The molecule has 0 N–H and O–H groups in total. The molecule has 0 aromatic carbocycles. The first-order chi connectivity index (χ1) is 12.8. The van der Waals surface area contributed by atoms with Crippen LogP contribution in [0.5, 0.6) is 0 Å². The van der Waals surface area contributed by atoms with Gasteiger partial charge in [0.05, 0.1) is 17.1 Å². The zero-order valence-electron chi connectivity index (χ0n) is 16.5. The fourth-order valence-electron chi connectivity index (χ4n) is 7.51. The highest BCUT2D eigenvalue weighted by molar-refractivity contribution is 5.95. The molecule has 0 aromatic rings. The van der Waals surface area contributed by atoms with Gasteiger partial charge < -0.3 is 4.74 Å². The van der Waals surface area contributed by atoms with E-state index in [4.69, 9.17) is 4.74 Å². The summed E-state index contributed by atoms with van der Waals surface area (Å²) < 4.78 is 6.43.